The number of amides is 2. The summed E-state index contributed by atoms with van der Waals surface area (Å²) in [7, 11) is 1.51. The van der Waals surface area contributed by atoms with Crippen molar-refractivity contribution in [3.63, 3.8) is 0 Å². The van der Waals surface area contributed by atoms with Crippen LogP contribution in [0, 0.1) is 19.8 Å². The number of nitrogens with one attached hydrogen (secondary N) is 2. The SMILES string of the molecule is COc1ccccc1C(=O)N[C@H](C(=O)NCc1c(C)nn(-c2ccccc2)c1C)C(C)C. The number of carbonyl (C=O) groups excluding carboxylic acids is 2. The van der Waals surface area contributed by atoms with Crippen molar-refractivity contribution < 1.29 is 14.3 Å². The zero-order chi connectivity index (χ0) is 23.3. The first-order valence-electron chi connectivity index (χ1n) is 10.7. The second-order valence-electron chi connectivity index (χ2n) is 8.01. The second-order valence-corrected chi connectivity index (χ2v) is 8.01. The van der Waals surface area contributed by atoms with E-state index >= 15 is 0 Å². The van der Waals surface area contributed by atoms with Crippen LogP contribution < -0.4 is 15.4 Å². The van der Waals surface area contributed by atoms with Crippen molar-refractivity contribution in [3.8, 4) is 11.4 Å². The lowest BCUT2D eigenvalue weighted by Gasteiger charge is -2.22. The van der Waals surface area contributed by atoms with Gasteiger partial charge in [-0.3, -0.25) is 9.59 Å². The van der Waals surface area contributed by atoms with Crippen LogP contribution >= 0.6 is 0 Å². The quantitative estimate of drug-likeness (QED) is 0.568. The molecule has 7 heteroatoms. The first-order chi connectivity index (χ1) is 15.3. The van der Waals surface area contributed by atoms with Crippen molar-refractivity contribution in [1.82, 2.24) is 20.4 Å². The van der Waals surface area contributed by atoms with Gasteiger partial charge in [-0.15, -0.1) is 0 Å². The molecule has 3 rings (SSSR count). The van der Waals surface area contributed by atoms with Gasteiger partial charge in [0, 0.05) is 17.8 Å². The van der Waals surface area contributed by atoms with Gasteiger partial charge >= 0.3 is 0 Å². The molecular formula is C25H30N4O3. The smallest absolute Gasteiger partial charge is 0.255 e. The first kappa shape index (κ1) is 23.1. The number of benzene rings is 2. The highest BCUT2D eigenvalue weighted by atomic mass is 16.5. The number of para-hydroxylation sites is 2. The van der Waals surface area contributed by atoms with Gasteiger partial charge in [0.25, 0.3) is 5.91 Å². The van der Waals surface area contributed by atoms with Gasteiger partial charge in [0.2, 0.25) is 5.91 Å². The summed E-state index contributed by atoms with van der Waals surface area (Å²) < 4.78 is 7.14. The summed E-state index contributed by atoms with van der Waals surface area (Å²) in [6.07, 6.45) is 0. The third kappa shape index (κ3) is 4.99. The molecule has 0 aliphatic heterocycles. The van der Waals surface area contributed by atoms with Gasteiger partial charge in [-0.2, -0.15) is 5.10 Å². The third-order valence-corrected chi connectivity index (χ3v) is 5.47. The van der Waals surface area contributed by atoms with Crippen LogP contribution in [0.1, 0.15) is 41.2 Å². The van der Waals surface area contributed by atoms with Crippen LogP contribution in [-0.4, -0.2) is 34.7 Å². The predicted octanol–water partition coefficient (Wildman–Crippen LogP) is 3.57. The molecule has 0 spiro atoms. The maximum absolute atomic E-state index is 13.0. The maximum Gasteiger partial charge on any atom is 0.255 e. The normalized spacial score (nSPS) is 11.8. The van der Waals surface area contributed by atoms with E-state index in [2.05, 4.69) is 15.7 Å². The van der Waals surface area contributed by atoms with E-state index < -0.39 is 6.04 Å². The summed E-state index contributed by atoms with van der Waals surface area (Å²) in [5.41, 5.74) is 4.14. The Kier molecular flexibility index (Phi) is 7.30. The Hall–Kier alpha value is -3.61. The van der Waals surface area contributed by atoms with Crippen LogP contribution in [-0.2, 0) is 11.3 Å². The van der Waals surface area contributed by atoms with E-state index in [1.54, 1.807) is 24.3 Å². The van der Waals surface area contributed by atoms with E-state index in [1.807, 2.05) is 62.7 Å². The summed E-state index contributed by atoms with van der Waals surface area (Å²) in [4.78, 5) is 25.8. The Morgan fingerprint density at radius 2 is 1.69 bits per heavy atom. The molecule has 2 aromatic carbocycles. The molecule has 0 saturated carbocycles. The molecule has 1 heterocycles. The highest BCUT2D eigenvalue weighted by molar-refractivity contribution is 5.99. The minimum atomic E-state index is -0.683. The van der Waals surface area contributed by atoms with Crippen molar-refractivity contribution >= 4 is 11.8 Å². The summed E-state index contributed by atoms with van der Waals surface area (Å²) >= 11 is 0. The molecule has 3 aromatic rings. The lowest BCUT2D eigenvalue weighted by atomic mass is 10.0. The Morgan fingerprint density at radius 1 is 1.03 bits per heavy atom. The molecule has 0 unspecified atom stereocenters. The molecule has 0 saturated heterocycles. The molecule has 0 bridgehead atoms. The summed E-state index contributed by atoms with van der Waals surface area (Å²) in [6.45, 7) is 8.04. The zero-order valence-electron chi connectivity index (χ0n) is 19.2. The fraction of sp³-hybridized carbons (Fsp3) is 0.320. The molecule has 32 heavy (non-hydrogen) atoms. The van der Waals surface area contributed by atoms with Gasteiger partial charge in [-0.05, 0) is 44.0 Å². The Morgan fingerprint density at radius 3 is 2.34 bits per heavy atom. The Labute approximate surface area is 188 Å². The van der Waals surface area contributed by atoms with E-state index in [9.17, 15) is 9.59 Å². The van der Waals surface area contributed by atoms with Crippen molar-refractivity contribution in [1.29, 1.82) is 0 Å². The van der Waals surface area contributed by atoms with Crippen LogP contribution in [0.5, 0.6) is 5.75 Å². The molecule has 0 aliphatic rings. The van der Waals surface area contributed by atoms with E-state index in [4.69, 9.17) is 4.74 Å². The topological polar surface area (TPSA) is 85.2 Å². The highest BCUT2D eigenvalue weighted by Gasteiger charge is 2.26. The number of hydrogen-bond acceptors (Lipinski definition) is 4. The number of ether oxygens (including phenoxy) is 1. The maximum atomic E-state index is 13.0. The molecular weight excluding hydrogens is 404 g/mol. The average Bonchev–Trinajstić information content (AvgIpc) is 3.09. The minimum absolute atomic E-state index is 0.0945. The number of aromatic nitrogens is 2. The second kappa shape index (κ2) is 10.1. The number of rotatable bonds is 8. The lowest BCUT2D eigenvalue weighted by Crippen LogP contribution is -2.49. The van der Waals surface area contributed by atoms with Gasteiger partial charge in [0.05, 0.1) is 24.1 Å². The molecule has 0 aliphatic carbocycles. The number of aryl methyl sites for hydroxylation is 1. The standard InChI is InChI=1S/C25H30N4O3/c1-16(2)23(27-24(30)20-13-9-10-14-22(20)32-5)25(31)26-15-21-17(3)28-29(18(21)4)19-11-7-6-8-12-19/h6-14,16,23H,15H2,1-5H3,(H,26,31)(H,27,30)/t23-/m0/s1. The molecule has 0 radical (unpaired) electrons. The number of hydrogen-bond donors (Lipinski definition) is 2. The van der Waals surface area contributed by atoms with E-state index in [0.29, 0.717) is 17.9 Å². The van der Waals surface area contributed by atoms with Crippen LogP contribution in [0.3, 0.4) is 0 Å². The number of carbonyl (C=O) groups is 2. The summed E-state index contributed by atoms with van der Waals surface area (Å²) in [6, 6.07) is 16.1. The number of nitrogens with zero attached hydrogens (tertiary/aromatic N) is 2. The molecule has 2 amide bonds. The fourth-order valence-corrected chi connectivity index (χ4v) is 3.62. The summed E-state index contributed by atoms with van der Waals surface area (Å²) in [5, 5.41) is 10.5. The molecule has 2 N–H and O–H groups in total. The van der Waals surface area contributed by atoms with Gasteiger partial charge in [-0.1, -0.05) is 44.2 Å². The Bertz CT molecular complexity index is 1090. The average molecular weight is 435 g/mol. The lowest BCUT2D eigenvalue weighted by molar-refractivity contribution is -0.124. The van der Waals surface area contributed by atoms with Crippen molar-refractivity contribution in [3.05, 3.63) is 77.1 Å². The van der Waals surface area contributed by atoms with Crippen LogP contribution in [0.25, 0.3) is 5.69 Å². The van der Waals surface area contributed by atoms with E-state index in [-0.39, 0.29) is 17.7 Å². The third-order valence-electron chi connectivity index (χ3n) is 5.47. The van der Waals surface area contributed by atoms with Gasteiger partial charge in [0.15, 0.2) is 0 Å². The van der Waals surface area contributed by atoms with Gasteiger partial charge in [0.1, 0.15) is 11.8 Å². The van der Waals surface area contributed by atoms with E-state index in [1.165, 1.54) is 7.11 Å². The zero-order valence-corrected chi connectivity index (χ0v) is 19.2. The monoisotopic (exact) mass is 434 g/mol. The van der Waals surface area contributed by atoms with Crippen LogP contribution in [0.15, 0.2) is 54.6 Å². The van der Waals surface area contributed by atoms with E-state index in [0.717, 1.165) is 22.6 Å². The molecule has 0 fully saturated rings. The van der Waals surface area contributed by atoms with Crippen molar-refractivity contribution in [2.45, 2.75) is 40.3 Å². The van der Waals surface area contributed by atoms with Gasteiger partial charge < -0.3 is 15.4 Å². The largest absolute Gasteiger partial charge is 0.496 e. The van der Waals surface area contributed by atoms with Crippen molar-refractivity contribution in [2.75, 3.05) is 7.11 Å². The van der Waals surface area contributed by atoms with Crippen molar-refractivity contribution in [2.24, 2.45) is 5.92 Å². The summed E-state index contributed by atoms with van der Waals surface area (Å²) in [5.74, 6) is -0.217. The predicted molar refractivity (Wildman–Crippen MR) is 124 cm³/mol. The molecule has 1 atom stereocenters. The molecule has 7 nitrogen and oxygen atoms in total. The fourth-order valence-electron chi connectivity index (χ4n) is 3.62. The minimum Gasteiger partial charge on any atom is -0.496 e. The molecule has 1 aromatic heterocycles. The first-order valence-corrected chi connectivity index (χ1v) is 10.7. The highest BCUT2D eigenvalue weighted by Crippen LogP contribution is 2.19. The van der Waals surface area contributed by atoms with Crippen LogP contribution in [0.4, 0.5) is 0 Å². The Balaban J connectivity index is 1.72. The van der Waals surface area contributed by atoms with Gasteiger partial charge in [-0.25, -0.2) is 4.68 Å². The number of methoxy groups -OCH3 is 1. The van der Waals surface area contributed by atoms with Crippen LogP contribution in [0.2, 0.25) is 0 Å². The molecule has 168 valence electrons.